The molecule has 0 amide bonds. The maximum atomic E-state index is 5.05. The summed E-state index contributed by atoms with van der Waals surface area (Å²) in [4.78, 5) is 8.43. The minimum Gasteiger partial charge on any atom is -0.481 e. The third kappa shape index (κ3) is 6.34. The predicted octanol–water partition coefficient (Wildman–Crippen LogP) is 3.24. The number of pyridine rings is 1. The minimum atomic E-state index is 0. The first-order valence-corrected chi connectivity index (χ1v) is 8.12. The smallest absolute Gasteiger partial charge is 0.212 e. The van der Waals surface area contributed by atoms with Crippen molar-refractivity contribution in [1.82, 2.24) is 15.6 Å². The SMILES string of the molecule is CN=C(NCc1ccc(OC)nc1)NCC(C)c1ccsc1.I. The maximum absolute atomic E-state index is 5.05. The van der Waals surface area contributed by atoms with Gasteiger partial charge in [-0.3, -0.25) is 4.99 Å². The molecule has 0 saturated carbocycles. The van der Waals surface area contributed by atoms with Crippen molar-refractivity contribution in [3.8, 4) is 5.88 Å². The Morgan fingerprint density at radius 2 is 2.17 bits per heavy atom. The molecule has 1 atom stereocenters. The lowest BCUT2D eigenvalue weighted by Gasteiger charge is -2.15. The summed E-state index contributed by atoms with van der Waals surface area (Å²) >= 11 is 1.73. The van der Waals surface area contributed by atoms with Gasteiger partial charge in [0.15, 0.2) is 5.96 Å². The Balaban J connectivity index is 0.00000264. The first-order valence-electron chi connectivity index (χ1n) is 7.18. The van der Waals surface area contributed by atoms with Gasteiger partial charge in [-0.2, -0.15) is 11.3 Å². The Hall–Kier alpha value is -1.35. The fourth-order valence-corrected chi connectivity index (χ4v) is 2.75. The maximum Gasteiger partial charge on any atom is 0.212 e. The van der Waals surface area contributed by atoms with Crippen LogP contribution in [0.5, 0.6) is 5.88 Å². The Morgan fingerprint density at radius 3 is 2.74 bits per heavy atom. The standard InChI is InChI=1S/C16H22N4OS.HI/c1-12(14-6-7-22-11-14)8-19-16(17-2)20-10-13-4-5-15(21-3)18-9-13;/h4-7,9,11-12H,8,10H2,1-3H3,(H2,17,19,20);1H. The largest absolute Gasteiger partial charge is 0.481 e. The minimum absolute atomic E-state index is 0. The van der Waals surface area contributed by atoms with Crippen molar-refractivity contribution in [2.75, 3.05) is 20.7 Å². The second-order valence-electron chi connectivity index (χ2n) is 4.97. The summed E-state index contributed by atoms with van der Waals surface area (Å²) < 4.78 is 5.05. The van der Waals surface area contributed by atoms with Crippen molar-refractivity contribution in [2.24, 2.45) is 4.99 Å². The molecular weight excluding hydrogens is 423 g/mol. The van der Waals surface area contributed by atoms with Gasteiger partial charge in [0, 0.05) is 32.4 Å². The van der Waals surface area contributed by atoms with Gasteiger partial charge in [-0.1, -0.05) is 13.0 Å². The molecule has 0 fully saturated rings. The van der Waals surface area contributed by atoms with Gasteiger partial charge in [0.2, 0.25) is 5.88 Å². The first-order chi connectivity index (χ1) is 10.7. The lowest BCUT2D eigenvalue weighted by atomic mass is 10.1. The molecule has 0 bridgehead atoms. The van der Waals surface area contributed by atoms with Crippen molar-refractivity contribution < 1.29 is 4.74 Å². The van der Waals surface area contributed by atoms with Gasteiger partial charge < -0.3 is 15.4 Å². The highest BCUT2D eigenvalue weighted by molar-refractivity contribution is 14.0. The highest BCUT2D eigenvalue weighted by atomic mass is 127. The van der Waals surface area contributed by atoms with Gasteiger partial charge in [0.1, 0.15) is 0 Å². The number of aliphatic imine (C=N–C) groups is 1. The van der Waals surface area contributed by atoms with Gasteiger partial charge >= 0.3 is 0 Å². The second-order valence-corrected chi connectivity index (χ2v) is 5.75. The van der Waals surface area contributed by atoms with Crippen LogP contribution in [-0.4, -0.2) is 31.6 Å². The molecule has 7 heteroatoms. The van der Waals surface area contributed by atoms with E-state index in [4.69, 9.17) is 4.74 Å². The summed E-state index contributed by atoms with van der Waals surface area (Å²) in [6.07, 6.45) is 1.80. The van der Waals surface area contributed by atoms with Crippen molar-refractivity contribution in [1.29, 1.82) is 0 Å². The van der Waals surface area contributed by atoms with Crippen molar-refractivity contribution in [3.05, 3.63) is 46.3 Å². The summed E-state index contributed by atoms with van der Waals surface area (Å²) in [7, 11) is 3.39. The van der Waals surface area contributed by atoms with Crippen LogP contribution in [0.25, 0.3) is 0 Å². The molecule has 0 aliphatic rings. The van der Waals surface area contributed by atoms with Crippen LogP contribution in [0.4, 0.5) is 0 Å². The van der Waals surface area contributed by atoms with Gasteiger partial charge in [-0.05, 0) is 33.9 Å². The molecule has 0 radical (unpaired) electrons. The average molecular weight is 446 g/mol. The summed E-state index contributed by atoms with van der Waals surface area (Å²) in [5.74, 6) is 1.86. The van der Waals surface area contributed by atoms with Crippen LogP contribution < -0.4 is 15.4 Å². The Bertz CT molecular complexity index is 587. The summed E-state index contributed by atoms with van der Waals surface area (Å²) in [6.45, 7) is 3.72. The Kier molecular flexibility index (Phi) is 8.93. The van der Waals surface area contributed by atoms with Gasteiger partial charge in [-0.15, -0.1) is 24.0 Å². The van der Waals surface area contributed by atoms with E-state index in [9.17, 15) is 0 Å². The zero-order valence-corrected chi connectivity index (χ0v) is 16.7. The van der Waals surface area contributed by atoms with E-state index in [-0.39, 0.29) is 24.0 Å². The van der Waals surface area contributed by atoms with E-state index in [0.29, 0.717) is 18.3 Å². The Morgan fingerprint density at radius 1 is 1.35 bits per heavy atom. The van der Waals surface area contributed by atoms with Crippen molar-refractivity contribution in [3.63, 3.8) is 0 Å². The number of hydrogen-bond acceptors (Lipinski definition) is 4. The second kappa shape index (κ2) is 10.4. The third-order valence-corrected chi connectivity index (χ3v) is 4.08. The summed E-state index contributed by atoms with van der Waals surface area (Å²) in [6, 6.07) is 6.00. The number of nitrogens with zero attached hydrogens (tertiary/aromatic N) is 2. The first kappa shape index (κ1) is 19.7. The number of nitrogens with one attached hydrogen (secondary N) is 2. The van der Waals surface area contributed by atoms with E-state index in [1.165, 1.54) is 5.56 Å². The highest BCUT2D eigenvalue weighted by Gasteiger charge is 2.07. The number of rotatable bonds is 6. The molecule has 0 aliphatic heterocycles. The number of thiophene rings is 1. The molecule has 0 saturated heterocycles. The predicted molar refractivity (Wildman–Crippen MR) is 107 cm³/mol. The van der Waals surface area contributed by atoms with E-state index in [2.05, 4.69) is 44.4 Å². The number of hydrogen-bond donors (Lipinski definition) is 2. The highest BCUT2D eigenvalue weighted by Crippen LogP contribution is 2.16. The van der Waals surface area contributed by atoms with Crippen LogP contribution in [0.1, 0.15) is 24.0 Å². The van der Waals surface area contributed by atoms with Crippen LogP contribution in [-0.2, 0) is 6.54 Å². The molecule has 2 N–H and O–H groups in total. The number of aromatic nitrogens is 1. The zero-order valence-electron chi connectivity index (χ0n) is 13.6. The molecule has 2 aromatic heterocycles. The number of methoxy groups -OCH3 is 1. The van der Waals surface area contributed by atoms with Crippen LogP contribution >= 0.6 is 35.3 Å². The molecule has 126 valence electrons. The molecular formula is C16H23IN4OS. The van der Waals surface area contributed by atoms with Crippen LogP contribution in [0.2, 0.25) is 0 Å². The van der Waals surface area contributed by atoms with Crippen LogP contribution in [0.15, 0.2) is 40.1 Å². The Labute approximate surface area is 158 Å². The van der Waals surface area contributed by atoms with Crippen LogP contribution in [0, 0.1) is 0 Å². The zero-order chi connectivity index (χ0) is 15.8. The summed E-state index contributed by atoms with van der Waals surface area (Å²) in [5.41, 5.74) is 2.43. The van der Waals surface area contributed by atoms with Gasteiger partial charge in [0.25, 0.3) is 0 Å². The molecule has 0 aliphatic carbocycles. The van der Waals surface area contributed by atoms with Crippen LogP contribution in [0.3, 0.4) is 0 Å². The lowest BCUT2D eigenvalue weighted by molar-refractivity contribution is 0.397. The summed E-state index contributed by atoms with van der Waals surface area (Å²) in [5, 5.41) is 10.9. The van der Waals surface area contributed by atoms with E-state index in [1.54, 1.807) is 31.7 Å². The van der Waals surface area contributed by atoms with E-state index in [0.717, 1.165) is 18.1 Å². The topological polar surface area (TPSA) is 58.5 Å². The molecule has 5 nitrogen and oxygen atoms in total. The van der Waals surface area contributed by atoms with E-state index >= 15 is 0 Å². The molecule has 2 rings (SSSR count). The fourth-order valence-electron chi connectivity index (χ4n) is 1.97. The third-order valence-electron chi connectivity index (χ3n) is 3.38. The molecule has 0 aromatic carbocycles. The van der Waals surface area contributed by atoms with E-state index in [1.807, 2.05) is 12.1 Å². The molecule has 0 spiro atoms. The average Bonchev–Trinajstić information content (AvgIpc) is 3.10. The van der Waals surface area contributed by atoms with Gasteiger partial charge in [-0.25, -0.2) is 4.98 Å². The normalized spacial score (nSPS) is 12.2. The fraction of sp³-hybridized carbons (Fsp3) is 0.375. The lowest BCUT2D eigenvalue weighted by Crippen LogP contribution is -2.38. The van der Waals surface area contributed by atoms with Crippen molar-refractivity contribution in [2.45, 2.75) is 19.4 Å². The quantitative estimate of drug-likeness (QED) is 0.407. The monoisotopic (exact) mass is 446 g/mol. The number of guanidine groups is 1. The molecule has 2 aromatic rings. The molecule has 1 unspecified atom stereocenters. The van der Waals surface area contributed by atoms with Crippen molar-refractivity contribution >= 4 is 41.3 Å². The van der Waals surface area contributed by atoms with Gasteiger partial charge in [0.05, 0.1) is 7.11 Å². The molecule has 23 heavy (non-hydrogen) atoms. The van der Waals surface area contributed by atoms with E-state index < -0.39 is 0 Å². The number of halogens is 1. The number of ether oxygens (including phenoxy) is 1. The molecule has 2 heterocycles.